The number of nitrogens with zero attached hydrogens (tertiary/aromatic N) is 3. The Morgan fingerprint density at radius 2 is 1.96 bits per heavy atom. The van der Waals surface area contributed by atoms with E-state index in [1.807, 2.05) is 36.4 Å². The van der Waals surface area contributed by atoms with E-state index in [-0.39, 0.29) is 11.6 Å². The van der Waals surface area contributed by atoms with E-state index in [0.29, 0.717) is 23.9 Å². The summed E-state index contributed by atoms with van der Waals surface area (Å²) in [5.41, 5.74) is 1.77. The van der Waals surface area contributed by atoms with Gasteiger partial charge in [0.25, 0.3) is 11.8 Å². The van der Waals surface area contributed by atoms with E-state index in [9.17, 15) is 4.79 Å². The average Bonchev–Trinajstić information content (AvgIpc) is 2.93. The topological polar surface area (TPSA) is 78.3 Å². The highest BCUT2D eigenvalue weighted by molar-refractivity contribution is 6.06. The van der Waals surface area contributed by atoms with Crippen LogP contribution in [0.2, 0.25) is 0 Å². The molecule has 0 saturated carbocycles. The first-order valence-electron chi connectivity index (χ1n) is 7.39. The molecule has 0 bridgehead atoms. The summed E-state index contributed by atoms with van der Waals surface area (Å²) in [4.78, 5) is 12.3. The number of carbonyl (C=O) groups excluding carboxylic acids is 1. The standard InChI is InChI=1S/C17H14N4O3/c1-23-12-8-6-11(7-9-12)10-21-17-15(19-20-21)16(22)18-13-4-2-3-5-14(13)24-17/h2-9H,10H2,1H3,(H,18,22). The highest BCUT2D eigenvalue weighted by Gasteiger charge is 2.27. The minimum absolute atomic E-state index is 0.166. The molecule has 0 spiro atoms. The van der Waals surface area contributed by atoms with Crippen molar-refractivity contribution < 1.29 is 14.3 Å². The largest absolute Gasteiger partial charge is 0.497 e. The highest BCUT2D eigenvalue weighted by atomic mass is 16.5. The lowest BCUT2D eigenvalue weighted by atomic mass is 10.2. The van der Waals surface area contributed by atoms with Crippen molar-refractivity contribution in [1.29, 1.82) is 0 Å². The van der Waals surface area contributed by atoms with E-state index in [2.05, 4.69) is 15.6 Å². The Hall–Kier alpha value is -3.35. The number of rotatable bonds is 3. The number of methoxy groups -OCH3 is 1. The zero-order chi connectivity index (χ0) is 16.5. The number of para-hydroxylation sites is 2. The van der Waals surface area contributed by atoms with Gasteiger partial charge in [-0.2, -0.15) is 0 Å². The van der Waals surface area contributed by atoms with Gasteiger partial charge < -0.3 is 14.8 Å². The van der Waals surface area contributed by atoms with Crippen LogP contribution in [0.15, 0.2) is 48.5 Å². The molecule has 1 aliphatic heterocycles. The smallest absolute Gasteiger partial charge is 0.282 e. The third-order valence-electron chi connectivity index (χ3n) is 3.74. The second kappa shape index (κ2) is 5.69. The molecule has 7 heteroatoms. The lowest BCUT2D eigenvalue weighted by Crippen LogP contribution is -2.11. The van der Waals surface area contributed by atoms with Gasteiger partial charge in [-0.15, -0.1) is 5.10 Å². The Labute approximate surface area is 137 Å². The molecule has 1 aliphatic rings. The molecule has 0 unspecified atom stereocenters. The van der Waals surface area contributed by atoms with Crippen LogP contribution in [-0.4, -0.2) is 28.0 Å². The summed E-state index contributed by atoms with van der Waals surface area (Å²) in [7, 11) is 1.62. The molecule has 2 aromatic carbocycles. The predicted molar refractivity (Wildman–Crippen MR) is 86.6 cm³/mol. The summed E-state index contributed by atoms with van der Waals surface area (Å²) in [5, 5.41) is 10.8. The number of benzene rings is 2. The molecule has 24 heavy (non-hydrogen) atoms. The summed E-state index contributed by atoms with van der Waals surface area (Å²) >= 11 is 0. The fourth-order valence-corrected chi connectivity index (χ4v) is 2.50. The van der Waals surface area contributed by atoms with Gasteiger partial charge in [0, 0.05) is 0 Å². The second-order valence-corrected chi connectivity index (χ2v) is 5.30. The maximum absolute atomic E-state index is 12.3. The molecule has 0 fully saturated rings. The SMILES string of the molecule is COc1ccc(Cn2nnc3c2Oc2ccccc2NC3=O)cc1. The van der Waals surface area contributed by atoms with E-state index in [4.69, 9.17) is 9.47 Å². The molecule has 0 atom stereocenters. The van der Waals surface area contributed by atoms with Crippen molar-refractivity contribution in [3.8, 4) is 17.4 Å². The molecular weight excluding hydrogens is 308 g/mol. The van der Waals surface area contributed by atoms with Crippen LogP contribution >= 0.6 is 0 Å². The van der Waals surface area contributed by atoms with E-state index in [1.165, 1.54) is 0 Å². The van der Waals surface area contributed by atoms with Crippen molar-refractivity contribution in [2.24, 2.45) is 0 Å². The Bertz CT molecular complexity index is 902. The number of carbonyl (C=O) groups is 1. The van der Waals surface area contributed by atoms with Crippen molar-refractivity contribution in [3.05, 3.63) is 59.8 Å². The summed E-state index contributed by atoms with van der Waals surface area (Å²) < 4.78 is 12.6. The average molecular weight is 322 g/mol. The van der Waals surface area contributed by atoms with Crippen LogP contribution in [0.25, 0.3) is 0 Å². The van der Waals surface area contributed by atoms with E-state index in [1.54, 1.807) is 23.9 Å². The summed E-state index contributed by atoms with van der Waals surface area (Å²) in [5.74, 6) is 1.33. The van der Waals surface area contributed by atoms with Gasteiger partial charge >= 0.3 is 0 Å². The molecule has 1 N–H and O–H groups in total. The Balaban J connectivity index is 1.69. The molecule has 3 aromatic rings. The number of anilines is 1. The first kappa shape index (κ1) is 14.3. The molecule has 1 aromatic heterocycles. The van der Waals surface area contributed by atoms with Crippen molar-refractivity contribution in [2.45, 2.75) is 6.54 Å². The number of amides is 1. The lowest BCUT2D eigenvalue weighted by Gasteiger charge is -2.09. The Kier molecular flexibility index (Phi) is 3.38. The maximum Gasteiger partial charge on any atom is 0.282 e. The predicted octanol–water partition coefficient (Wildman–Crippen LogP) is 2.69. The molecule has 0 radical (unpaired) electrons. The van der Waals surface area contributed by atoms with Crippen molar-refractivity contribution in [2.75, 3.05) is 12.4 Å². The minimum atomic E-state index is -0.337. The Morgan fingerprint density at radius 1 is 1.17 bits per heavy atom. The molecular formula is C17H14N4O3. The normalized spacial score (nSPS) is 12.5. The van der Waals surface area contributed by atoms with Gasteiger partial charge in [0.2, 0.25) is 5.69 Å². The molecule has 2 heterocycles. The number of hydrogen-bond acceptors (Lipinski definition) is 5. The molecule has 4 rings (SSSR count). The van der Waals surface area contributed by atoms with Gasteiger partial charge in [-0.3, -0.25) is 4.79 Å². The summed E-state index contributed by atoms with van der Waals surface area (Å²) in [6.45, 7) is 0.432. The van der Waals surface area contributed by atoms with Crippen LogP contribution in [0.5, 0.6) is 17.4 Å². The molecule has 1 amide bonds. The van der Waals surface area contributed by atoms with E-state index in [0.717, 1.165) is 11.3 Å². The quantitative estimate of drug-likeness (QED) is 0.802. The minimum Gasteiger partial charge on any atom is -0.497 e. The number of aromatic nitrogens is 3. The second-order valence-electron chi connectivity index (χ2n) is 5.30. The number of fused-ring (bicyclic) bond motifs is 2. The molecule has 0 aliphatic carbocycles. The van der Waals surface area contributed by atoms with Crippen molar-refractivity contribution in [3.63, 3.8) is 0 Å². The maximum atomic E-state index is 12.3. The van der Waals surface area contributed by atoms with Crippen molar-refractivity contribution in [1.82, 2.24) is 15.0 Å². The summed E-state index contributed by atoms with van der Waals surface area (Å²) in [6, 6.07) is 14.8. The van der Waals surface area contributed by atoms with Crippen LogP contribution < -0.4 is 14.8 Å². The van der Waals surface area contributed by atoms with E-state index >= 15 is 0 Å². The van der Waals surface area contributed by atoms with Crippen LogP contribution in [0, 0.1) is 0 Å². The van der Waals surface area contributed by atoms with Crippen LogP contribution in [0.1, 0.15) is 16.1 Å². The number of hydrogen-bond donors (Lipinski definition) is 1. The zero-order valence-electron chi connectivity index (χ0n) is 12.9. The van der Waals surface area contributed by atoms with Gasteiger partial charge in [-0.05, 0) is 29.8 Å². The van der Waals surface area contributed by atoms with Crippen molar-refractivity contribution >= 4 is 11.6 Å². The van der Waals surface area contributed by atoms with Gasteiger partial charge in [0.1, 0.15) is 5.75 Å². The molecule has 120 valence electrons. The third-order valence-corrected chi connectivity index (χ3v) is 3.74. The van der Waals surface area contributed by atoms with Crippen LogP contribution in [-0.2, 0) is 6.54 Å². The Morgan fingerprint density at radius 3 is 2.75 bits per heavy atom. The highest BCUT2D eigenvalue weighted by Crippen LogP contribution is 2.34. The van der Waals surface area contributed by atoms with Gasteiger partial charge in [-0.1, -0.05) is 29.5 Å². The number of nitrogens with one attached hydrogen (secondary N) is 1. The van der Waals surface area contributed by atoms with Gasteiger partial charge in [0.15, 0.2) is 5.75 Å². The third kappa shape index (κ3) is 2.45. The number of ether oxygens (including phenoxy) is 2. The van der Waals surface area contributed by atoms with Crippen LogP contribution in [0.3, 0.4) is 0 Å². The van der Waals surface area contributed by atoms with E-state index < -0.39 is 0 Å². The van der Waals surface area contributed by atoms with Gasteiger partial charge in [0.05, 0.1) is 19.3 Å². The first-order valence-corrected chi connectivity index (χ1v) is 7.39. The fraction of sp³-hybridized carbons (Fsp3) is 0.118. The van der Waals surface area contributed by atoms with Crippen LogP contribution in [0.4, 0.5) is 5.69 Å². The van der Waals surface area contributed by atoms with Gasteiger partial charge in [-0.25, -0.2) is 4.68 Å². The molecule has 7 nitrogen and oxygen atoms in total. The first-order chi connectivity index (χ1) is 11.7. The zero-order valence-corrected chi connectivity index (χ0v) is 12.9. The molecule has 0 saturated heterocycles. The monoisotopic (exact) mass is 322 g/mol. The summed E-state index contributed by atoms with van der Waals surface area (Å²) in [6.07, 6.45) is 0. The lowest BCUT2D eigenvalue weighted by molar-refractivity contribution is 0.102. The fourth-order valence-electron chi connectivity index (χ4n) is 2.50.